The zero-order valence-electron chi connectivity index (χ0n) is 11.8. The number of carboxylic acids is 1. The number of hydrogen-bond donors (Lipinski definition) is 2. The maximum atomic E-state index is 11.6. The van der Waals surface area contributed by atoms with E-state index < -0.39 is 11.5 Å². The van der Waals surface area contributed by atoms with Gasteiger partial charge in [0.15, 0.2) is 0 Å². The Labute approximate surface area is 110 Å². The van der Waals surface area contributed by atoms with E-state index in [-0.39, 0.29) is 5.41 Å². The highest BCUT2D eigenvalue weighted by molar-refractivity contribution is 5.78. The SMILES string of the molecule is C#CCNC1(C(=O)O)CCCC(C(C)(C)C)CC1. The van der Waals surface area contributed by atoms with Crippen LogP contribution in [0.4, 0.5) is 0 Å². The number of terminal acetylenes is 1. The zero-order valence-corrected chi connectivity index (χ0v) is 11.8. The van der Waals surface area contributed by atoms with Crippen LogP contribution in [-0.4, -0.2) is 23.2 Å². The second-order valence-electron chi connectivity index (χ2n) is 6.44. The summed E-state index contributed by atoms with van der Waals surface area (Å²) in [4.78, 5) is 11.6. The molecule has 3 heteroatoms. The molecular formula is C15H25NO2. The molecular weight excluding hydrogens is 226 g/mol. The second-order valence-corrected chi connectivity index (χ2v) is 6.44. The van der Waals surface area contributed by atoms with Gasteiger partial charge in [-0.25, -0.2) is 0 Å². The van der Waals surface area contributed by atoms with Crippen LogP contribution in [0.1, 0.15) is 52.9 Å². The Kier molecular flexibility index (Phi) is 4.81. The molecule has 2 atom stereocenters. The van der Waals surface area contributed by atoms with Crippen molar-refractivity contribution in [2.24, 2.45) is 11.3 Å². The molecule has 0 spiro atoms. The van der Waals surface area contributed by atoms with Crippen LogP contribution in [0.25, 0.3) is 0 Å². The number of nitrogens with one attached hydrogen (secondary N) is 1. The van der Waals surface area contributed by atoms with E-state index in [1.807, 2.05) is 0 Å². The highest BCUT2D eigenvalue weighted by Gasteiger charge is 2.41. The van der Waals surface area contributed by atoms with Crippen LogP contribution in [-0.2, 0) is 4.79 Å². The molecule has 0 aromatic rings. The lowest BCUT2D eigenvalue weighted by atomic mass is 9.76. The lowest BCUT2D eigenvalue weighted by Gasteiger charge is -2.31. The molecule has 1 saturated carbocycles. The van der Waals surface area contributed by atoms with E-state index in [9.17, 15) is 9.90 Å². The number of carbonyl (C=O) groups is 1. The molecule has 2 N–H and O–H groups in total. The van der Waals surface area contributed by atoms with Crippen LogP contribution in [0.2, 0.25) is 0 Å². The van der Waals surface area contributed by atoms with Crippen LogP contribution < -0.4 is 5.32 Å². The molecule has 1 aliphatic carbocycles. The maximum absolute atomic E-state index is 11.6. The standard InChI is InChI=1S/C15H25NO2/c1-5-11-16-15(13(17)18)9-6-7-12(8-10-15)14(2,3)4/h1,12,16H,6-11H2,2-4H3,(H,17,18). The number of carboxylic acid groups (broad SMARTS) is 1. The predicted molar refractivity (Wildman–Crippen MR) is 73.2 cm³/mol. The van der Waals surface area contributed by atoms with Crippen LogP contribution in [0.15, 0.2) is 0 Å². The minimum Gasteiger partial charge on any atom is -0.480 e. The van der Waals surface area contributed by atoms with E-state index >= 15 is 0 Å². The van der Waals surface area contributed by atoms with Crippen molar-refractivity contribution in [3.05, 3.63) is 0 Å². The van der Waals surface area contributed by atoms with Crippen molar-refractivity contribution in [3.8, 4) is 12.3 Å². The van der Waals surface area contributed by atoms with Crippen LogP contribution in [0.3, 0.4) is 0 Å². The first-order valence-electron chi connectivity index (χ1n) is 6.74. The molecule has 0 bridgehead atoms. The minimum absolute atomic E-state index is 0.251. The molecule has 0 aromatic carbocycles. The van der Waals surface area contributed by atoms with E-state index in [4.69, 9.17) is 6.42 Å². The normalized spacial score (nSPS) is 29.3. The van der Waals surface area contributed by atoms with Gasteiger partial charge in [-0.05, 0) is 37.0 Å². The third kappa shape index (κ3) is 3.49. The van der Waals surface area contributed by atoms with Crippen LogP contribution >= 0.6 is 0 Å². The summed E-state index contributed by atoms with van der Waals surface area (Å²) in [5.41, 5.74) is -0.562. The molecule has 0 heterocycles. The van der Waals surface area contributed by atoms with Crippen LogP contribution in [0.5, 0.6) is 0 Å². The molecule has 1 aliphatic rings. The number of aliphatic carboxylic acids is 1. The number of rotatable bonds is 3. The average Bonchev–Trinajstić information content (AvgIpc) is 2.49. The first-order chi connectivity index (χ1) is 8.32. The van der Waals surface area contributed by atoms with Crippen molar-refractivity contribution in [1.82, 2.24) is 5.32 Å². The van der Waals surface area contributed by atoms with Gasteiger partial charge in [0, 0.05) is 0 Å². The topological polar surface area (TPSA) is 49.3 Å². The van der Waals surface area contributed by atoms with E-state index in [2.05, 4.69) is 32.0 Å². The van der Waals surface area contributed by atoms with Crippen molar-refractivity contribution < 1.29 is 9.90 Å². The van der Waals surface area contributed by atoms with Gasteiger partial charge in [-0.1, -0.05) is 33.1 Å². The second kappa shape index (κ2) is 5.75. The summed E-state index contributed by atoms with van der Waals surface area (Å²) in [6.45, 7) is 7.04. The third-order valence-corrected chi connectivity index (χ3v) is 4.24. The summed E-state index contributed by atoms with van der Waals surface area (Å²) in [5, 5.41) is 12.6. The summed E-state index contributed by atoms with van der Waals surface area (Å²) < 4.78 is 0. The quantitative estimate of drug-likeness (QED) is 0.599. The van der Waals surface area contributed by atoms with Gasteiger partial charge in [0.05, 0.1) is 6.54 Å². The van der Waals surface area contributed by atoms with Gasteiger partial charge in [0.2, 0.25) is 0 Å². The fourth-order valence-corrected chi connectivity index (χ4v) is 2.89. The summed E-state index contributed by atoms with van der Waals surface area (Å²) in [6, 6.07) is 0. The van der Waals surface area contributed by atoms with Gasteiger partial charge < -0.3 is 5.11 Å². The molecule has 0 aliphatic heterocycles. The summed E-state index contributed by atoms with van der Waals surface area (Å²) >= 11 is 0. The van der Waals surface area contributed by atoms with Gasteiger partial charge in [-0.2, -0.15) is 0 Å². The van der Waals surface area contributed by atoms with Gasteiger partial charge in [-0.3, -0.25) is 10.1 Å². The summed E-state index contributed by atoms with van der Waals surface area (Å²) in [6.07, 6.45) is 9.59. The highest BCUT2D eigenvalue weighted by Crippen LogP contribution is 2.39. The molecule has 18 heavy (non-hydrogen) atoms. The smallest absolute Gasteiger partial charge is 0.323 e. The Bertz CT molecular complexity index is 337. The lowest BCUT2D eigenvalue weighted by molar-refractivity contribution is -0.145. The van der Waals surface area contributed by atoms with E-state index in [0.29, 0.717) is 25.3 Å². The van der Waals surface area contributed by atoms with E-state index in [1.165, 1.54) is 0 Å². The fraction of sp³-hybridized carbons (Fsp3) is 0.800. The molecule has 0 amide bonds. The Hall–Kier alpha value is -1.01. The van der Waals surface area contributed by atoms with Gasteiger partial charge in [0.1, 0.15) is 5.54 Å². The van der Waals surface area contributed by atoms with Gasteiger partial charge in [0.25, 0.3) is 0 Å². The number of hydrogen-bond acceptors (Lipinski definition) is 2. The Balaban J connectivity index is 2.78. The molecule has 3 nitrogen and oxygen atoms in total. The zero-order chi connectivity index (χ0) is 13.8. The molecule has 0 saturated heterocycles. The molecule has 2 unspecified atom stereocenters. The van der Waals surface area contributed by atoms with Crippen LogP contribution in [0, 0.1) is 23.7 Å². The molecule has 1 rings (SSSR count). The van der Waals surface area contributed by atoms with E-state index in [1.54, 1.807) is 0 Å². The predicted octanol–water partition coefficient (Wildman–Crippen LogP) is 2.66. The minimum atomic E-state index is -0.813. The van der Waals surface area contributed by atoms with Gasteiger partial charge in [-0.15, -0.1) is 6.42 Å². The Morgan fingerprint density at radius 3 is 2.61 bits per heavy atom. The highest BCUT2D eigenvalue weighted by atomic mass is 16.4. The van der Waals surface area contributed by atoms with Crippen molar-refractivity contribution in [3.63, 3.8) is 0 Å². The largest absolute Gasteiger partial charge is 0.480 e. The molecule has 0 aromatic heterocycles. The Morgan fingerprint density at radius 1 is 1.44 bits per heavy atom. The maximum Gasteiger partial charge on any atom is 0.323 e. The summed E-state index contributed by atoms with van der Waals surface area (Å²) in [5.74, 6) is 2.31. The first kappa shape index (κ1) is 15.0. The molecule has 102 valence electrons. The van der Waals surface area contributed by atoms with E-state index in [0.717, 1.165) is 19.3 Å². The summed E-state index contributed by atoms with van der Waals surface area (Å²) in [7, 11) is 0. The third-order valence-electron chi connectivity index (χ3n) is 4.24. The Morgan fingerprint density at radius 2 is 2.11 bits per heavy atom. The van der Waals surface area contributed by atoms with Crippen molar-refractivity contribution >= 4 is 5.97 Å². The van der Waals surface area contributed by atoms with Crippen molar-refractivity contribution in [2.45, 2.75) is 58.4 Å². The van der Waals surface area contributed by atoms with Gasteiger partial charge >= 0.3 is 5.97 Å². The van der Waals surface area contributed by atoms with Crippen molar-refractivity contribution in [1.29, 1.82) is 0 Å². The molecule has 0 radical (unpaired) electrons. The average molecular weight is 251 g/mol. The monoisotopic (exact) mass is 251 g/mol. The first-order valence-corrected chi connectivity index (χ1v) is 6.74. The lowest BCUT2D eigenvalue weighted by Crippen LogP contribution is -2.52. The van der Waals surface area contributed by atoms with Crippen molar-refractivity contribution in [2.75, 3.05) is 6.54 Å². The molecule has 1 fully saturated rings. The fourth-order valence-electron chi connectivity index (χ4n) is 2.89.